The summed E-state index contributed by atoms with van der Waals surface area (Å²) >= 11 is 0. The first-order valence-corrected chi connectivity index (χ1v) is 7.98. The molecule has 0 heterocycles. The lowest BCUT2D eigenvalue weighted by Gasteiger charge is -2.13. The molecule has 0 atom stereocenters. The van der Waals surface area contributed by atoms with E-state index >= 15 is 0 Å². The number of hydrogen-bond acceptors (Lipinski definition) is 1. The van der Waals surface area contributed by atoms with E-state index in [9.17, 15) is 22.4 Å². The molecule has 0 aliphatic heterocycles. The van der Waals surface area contributed by atoms with Crippen molar-refractivity contribution in [2.24, 2.45) is 0 Å². The van der Waals surface area contributed by atoms with Crippen molar-refractivity contribution in [3.05, 3.63) is 69.8 Å². The van der Waals surface area contributed by atoms with Crippen LogP contribution in [0.15, 0.2) is 24.3 Å². The molecule has 0 unspecified atom stereocenters. The Morgan fingerprint density at radius 3 is 1.42 bits per heavy atom. The van der Waals surface area contributed by atoms with Crippen LogP contribution >= 0.6 is 0 Å². The van der Waals surface area contributed by atoms with E-state index in [1.54, 1.807) is 0 Å². The van der Waals surface area contributed by atoms with Crippen LogP contribution in [0.1, 0.15) is 64.6 Å². The summed E-state index contributed by atoms with van der Waals surface area (Å²) in [5, 5.41) is 0. The molecule has 2 aromatic rings. The van der Waals surface area contributed by atoms with Gasteiger partial charge in [-0.2, -0.15) is 0 Å². The third-order valence-electron chi connectivity index (χ3n) is 4.65. The van der Waals surface area contributed by atoms with Gasteiger partial charge in [-0.1, -0.05) is 0 Å². The Kier molecular flexibility index (Phi) is 3.48. The predicted octanol–water partition coefficient (Wildman–Crippen LogP) is 5.23. The smallest absolute Gasteiger partial charge is 0.194 e. The molecule has 2 aliphatic rings. The van der Waals surface area contributed by atoms with Gasteiger partial charge in [-0.05, 0) is 49.7 Å². The van der Waals surface area contributed by atoms with E-state index in [2.05, 4.69) is 0 Å². The molecular weight excluding hydrogens is 320 g/mol. The molecule has 0 aromatic heterocycles. The Bertz CT molecular complexity index is 781. The number of ketones is 1. The molecule has 2 fully saturated rings. The Morgan fingerprint density at radius 1 is 0.708 bits per heavy atom. The van der Waals surface area contributed by atoms with E-state index in [1.165, 1.54) is 0 Å². The van der Waals surface area contributed by atoms with Crippen molar-refractivity contribution in [3.8, 4) is 0 Å². The number of halogens is 4. The third-order valence-corrected chi connectivity index (χ3v) is 4.65. The molecule has 5 heteroatoms. The van der Waals surface area contributed by atoms with Crippen molar-refractivity contribution < 1.29 is 22.4 Å². The van der Waals surface area contributed by atoms with Crippen molar-refractivity contribution in [2.75, 3.05) is 0 Å². The Hall–Kier alpha value is -2.17. The fraction of sp³-hybridized carbons (Fsp3) is 0.316. The summed E-state index contributed by atoms with van der Waals surface area (Å²) < 4.78 is 55.6. The van der Waals surface area contributed by atoms with E-state index in [0.29, 0.717) is 0 Å². The topological polar surface area (TPSA) is 17.1 Å². The molecule has 124 valence electrons. The first-order valence-electron chi connectivity index (χ1n) is 7.98. The summed E-state index contributed by atoms with van der Waals surface area (Å²) in [4.78, 5) is 12.9. The zero-order valence-corrected chi connectivity index (χ0v) is 12.7. The first-order chi connectivity index (χ1) is 11.5. The maximum Gasteiger partial charge on any atom is 0.194 e. The standard InChI is InChI=1S/C19H14F4O/c20-11-5-13(17(9-1-2-9)15(22)7-11)19(24)14-6-12(21)8-16(23)18(14)10-3-4-10/h5-10H,1-4H2. The van der Waals surface area contributed by atoms with Gasteiger partial charge in [0, 0.05) is 34.4 Å². The third kappa shape index (κ3) is 2.62. The normalized spacial score (nSPS) is 17.2. The minimum absolute atomic E-state index is 0.123. The lowest BCUT2D eigenvalue weighted by molar-refractivity contribution is 0.103. The van der Waals surface area contributed by atoms with E-state index in [-0.39, 0.29) is 34.1 Å². The summed E-state index contributed by atoms with van der Waals surface area (Å²) in [6.45, 7) is 0. The van der Waals surface area contributed by atoms with Gasteiger partial charge >= 0.3 is 0 Å². The Morgan fingerprint density at radius 2 is 1.08 bits per heavy atom. The van der Waals surface area contributed by atoms with Gasteiger partial charge in [-0.3, -0.25) is 4.79 Å². The van der Waals surface area contributed by atoms with Crippen molar-refractivity contribution >= 4 is 5.78 Å². The lowest BCUT2D eigenvalue weighted by Crippen LogP contribution is -2.12. The van der Waals surface area contributed by atoms with Crippen molar-refractivity contribution in [2.45, 2.75) is 37.5 Å². The van der Waals surface area contributed by atoms with Crippen LogP contribution < -0.4 is 0 Å². The average molecular weight is 334 g/mol. The van der Waals surface area contributed by atoms with Gasteiger partial charge in [-0.25, -0.2) is 17.6 Å². The average Bonchev–Trinajstić information content (AvgIpc) is 3.37. The largest absolute Gasteiger partial charge is 0.289 e. The lowest BCUT2D eigenvalue weighted by atomic mass is 9.91. The SMILES string of the molecule is O=C(c1cc(F)cc(F)c1C1CC1)c1cc(F)cc(F)c1C1CC1. The molecule has 24 heavy (non-hydrogen) atoms. The molecule has 2 aliphatic carbocycles. The number of benzene rings is 2. The molecule has 0 radical (unpaired) electrons. The number of rotatable bonds is 4. The molecule has 2 aromatic carbocycles. The van der Waals surface area contributed by atoms with Gasteiger partial charge in [0.25, 0.3) is 0 Å². The second kappa shape index (κ2) is 5.43. The van der Waals surface area contributed by atoms with Crippen LogP contribution in [-0.4, -0.2) is 5.78 Å². The Balaban J connectivity index is 1.89. The summed E-state index contributed by atoms with van der Waals surface area (Å²) in [5.41, 5.74) is 0.0735. The van der Waals surface area contributed by atoms with Gasteiger partial charge in [-0.15, -0.1) is 0 Å². The Labute approximate surface area is 136 Å². The molecule has 2 saturated carbocycles. The van der Waals surface area contributed by atoms with Crippen molar-refractivity contribution in [3.63, 3.8) is 0 Å². The monoisotopic (exact) mass is 334 g/mol. The highest BCUT2D eigenvalue weighted by atomic mass is 19.1. The zero-order valence-electron chi connectivity index (χ0n) is 12.7. The minimum atomic E-state index is -0.870. The van der Waals surface area contributed by atoms with E-state index in [4.69, 9.17) is 0 Å². The highest BCUT2D eigenvalue weighted by molar-refractivity contribution is 6.11. The highest BCUT2D eigenvalue weighted by Crippen LogP contribution is 2.46. The number of carbonyl (C=O) groups is 1. The highest BCUT2D eigenvalue weighted by Gasteiger charge is 2.35. The van der Waals surface area contributed by atoms with Gasteiger partial charge in [0.2, 0.25) is 0 Å². The van der Waals surface area contributed by atoms with Crippen LogP contribution in [0.5, 0.6) is 0 Å². The summed E-state index contributed by atoms with van der Waals surface area (Å²) in [6, 6.07) is 3.44. The van der Waals surface area contributed by atoms with Crippen molar-refractivity contribution in [1.29, 1.82) is 0 Å². The maximum absolute atomic E-state index is 14.2. The van der Waals surface area contributed by atoms with Crippen LogP contribution in [0.3, 0.4) is 0 Å². The van der Waals surface area contributed by atoms with Crippen LogP contribution in [0.25, 0.3) is 0 Å². The molecule has 0 amide bonds. The molecule has 0 N–H and O–H groups in total. The van der Waals surface area contributed by atoms with Crippen LogP contribution in [0.4, 0.5) is 17.6 Å². The number of carbonyl (C=O) groups excluding carboxylic acids is 1. The van der Waals surface area contributed by atoms with Gasteiger partial charge in [0.15, 0.2) is 5.78 Å². The van der Waals surface area contributed by atoms with Crippen LogP contribution in [-0.2, 0) is 0 Å². The van der Waals surface area contributed by atoms with Crippen LogP contribution in [0.2, 0.25) is 0 Å². The summed E-state index contributed by atoms with van der Waals surface area (Å²) in [6.07, 6.45) is 2.87. The summed E-state index contributed by atoms with van der Waals surface area (Å²) in [7, 11) is 0. The van der Waals surface area contributed by atoms with Gasteiger partial charge in [0.05, 0.1) is 0 Å². The van der Waals surface area contributed by atoms with E-state index in [0.717, 1.165) is 49.9 Å². The molecular formula is C19H14F4O. The summed E-state index contributed by atoms with van der Waals surface area (Å²) in [5.74, 6) is -4.26. The fourth-order valence-electron chi connectivity index (χ4n) is 3.26. The van der Waals surface area contributed by atoms with Crippen molar-refractivity contribution in [1.82, 2.24) is 0 Å². The molecule has 0 saturated heterocycles. The predicted molar refractivity (Wildman–Crippen MR) is 80.1 cm³/mol. The number of hydrogen-bond donors (Lipinski definition) is 0. The van der Waals surface area contributed by atoms with Crippen LogP contribution in [0, 0.1) is 23.3 Å². The molecule has 0 spiro atoms. The minimum Gasteiger partial charge on any atom is -0.289 e. The second-order valence-corrected chi connectivity index (χ2v) is 6.58. The molecule has 4 rings (SSSR count). The zero-order chi connectivity index (χ0) is 17.0. The quantitative estimate of drug-likeness (QED) is 0.553. The van der Waals surface area contributed by atoms with Gasteiger partial charge in [0.1, 0.15) is 23.3 Å². The first kappa shape index (κ1) is 15.4. The molecule has 1 nitrogen and oxygen atoms in total. The maximum atomic E-state index is 14.2. The second-order valence-electron chi connectivity index (χ2n) is 6.58. The van der Waals surface area contributed by atoms with E-state index in [1.807, 2.05) is 0 Å². The fourth-order valence-corrected chi connectivity index (χ4v) is 3.26. The van der Waals surface area contributed by atoms with E-state index < -0.39 is 29.1 Å². The van der Waals surface area contributed by atoms with Gasteiger partial charge < -0.3 is 0 Å². The molecule has 0 bridgehead atoms.